The Morgan fingerprint density at radius 1 is 1.35 bits per heavy atom. The molecule has 1 N–H and O–H groups in total. The summed E-state index contributed by atoms with van der Waals surface area (Å²) < 4.78 is 3.86. The molecular weight excluding hydrogens is 214 g/mol. The van der Waals surface area contributed by atoms with Crippen molar-refractivity contribution in [2.24, 2.45) is 7.05 Å². The van der Waals surface area contributed by atoms with Crippen molar-refractivity contribution in [2.45, 2.75) is 26.4 Å². The highest BCUT2D eigenvalue weighted by Crippen LogP contribution is 2.04. The average Bonchev–Trinajstić information content (AvgIpc) is 2.90. The van der Waals surface area contributed by atoms with E-state index in [2.05, 4.69) is 45.6 Å². The van der Waals surface area contributed by atoms with E-state index < -0.39 is 0 Å². The van der Waals surface area contributed by atoms with Crippen LogP contribution in [0.4, 0.5) is 0 Å². The molecule has 2 rings (SSSR count). The zero-order chi connectivity index (χ0) is 12.1. The van der Waals surface area contributed by atoms with Crippen LogP contribution in [0.5, 0.6) is 0 Å². The molecule has 2 aromatic rings. The molecule has 0 atom stereocenters. The van der Waals surface area contributed by atoms with E-state index in [4.69, 9.17) is 0 Å². The van der Waals surface area contributed by atoms with Gasteiger partial charge in [-0.25, -0.2) is 0 Å². The van der Waals surface area contributed by atoms with E-state index in [0.29, 0.717) is 0 Å². The fourth-order valence-corrected chi connectivity index (χ4v) is 1.76. The molecule has 2 aromatic heterocycles. The second-order valence-corrected chi connectivity index (χ2v) is 4.25. The summed E-state index contributed by atoms with van der Waals surface area (Å²) in [4.78, 5) is 0. The van der Waals surface area contributed by atoms with E-state index in [1.165, 1.54) is 12.0 Å². The summed E-state index contributed by atoms with van der Waals surface area (Å²) in [5.74, 6) is 0. The van der Waals surface area contributed by atoms with Gasteiger partial charge in [-0.05, 0) is 24.6 Å². The standard InChI is InChI=1S/C12H19N5/c1-3-5-13-7-11-4-6-17(8-11)10-12-9-16(2)15-14-12/h4,6,8-9,13H,3,5,7,10H2,1-2H3. The van der Waals surface area contributed by atoms with Crippen molar-refractivity contribution in [2.75, 3.05) is 6.54 Å². The summed E-state index contributed by atoms with van der Waals surface area (Å²) in [5, 5.41) is 11.4. The molecular formula is C12H19N5. The number of nitrogens with zero attached hydrogens (tertiary/aromatic N) is 4. The van der Waals surface area contributed by atoms with Crippen LogP contribution in [0.15, 0.2) is 24.7 Å². The van der Waals surface area contributed by atoms with E-state index in [1.807, 2.05) is 13.2 Å². The lowest BCUT2D eigenvalue weighted by atomic mass is 10.3. The summed E-state index contributed by atoms with van der Waals surface area (Å²) in [6, 6.07) is 2.14. The van der Waals surface area contributed by atoms with Crippen molar-refractivity contribution >= 4 is 0 Å². The zero-order valence-corrected chi connectivity index (χ0v) is 10.4. The number of hydrogen-bond donors (Lipinski definition) is 1. The lowest BCUT2D eigenvalue weighted by Gasteiger charge is -2.00. The maximum Gasteiger partial charge on any atom is 0.102 e. The smallest absolute Gasteiger partial charge is 0.102 e. The molecule has 0 saturated heterocycles. The molecule has 0 unspecified atom stereocenters. The molecule has 0 aliphatic carbocycles. The molecule has 0 amide bonds. The van der Waals surface area contributed by atoms with Gasteiger partial charge in [0.15, 0.2) is 0 Å². The fraction of sp³-hybridized carbons (Fsp3) is 0.500. The first-order valence-corrected chi connectivity index (χ1v) is 5.98. The maximum atomic E-state index is 4.07. The quantitative estimate of drug-likeness (QED) is 0.762. The third-order valence-corrected chi connectivity index (χ3v) is 2.56. The van der Waals surface area contributed by atoms with Crippen molar-refractivity contribution in [1.82, 2.24) is 24.9 Å². The van der Waals surface area contributed by atoms with Gasteiger partial charge in [-0.3, -0.25) is 4.68 Å². The first kappa shape index (κ1) is 11.9. The normalized spacial score (nSPS) is 10.9. The van der Waals surface area contributed by atoms with E-state index >= 15 is 0 Å². The molecule has 5 nitrogen and oxygen atoms in total. The molecule has 92 valence electrons. The Balaban J connectivity index is 1.89. The zero-order valence-electron chi connectivity index (χ0n) is 10.4. The minimum absolute atomic E-state index is 0.779. The van der Waals surface area contributed by atoms with Crippen molar-refractivity contribution in [3.8, 4) is 0 Å². The van der Waals surface area contributed by atoms with Crippen molar-refractivity contribution in [3.05, 3.63) is 35.9 Å². The van der Waals surface area contributed by atoms with Crippen LogP contribution in [0.1, 0.15) is 24.6 Å². The minimum Gasteiger partial charge on any atom is -0.348 e. The SMILES string of the molecule is CCCNCc1ccn(Cc2cn(C)nn2)c1. The highest BCUT2D eigenvalue weighted by molar-refractivity contribution is 5.11. The first-order valence-electron chi connectivity index (χ1n) is 5.98. The predicted molar refractivity (Wildman–Crippen MR) is 66.5 cm³/mol. The van der Waals surface area contributed by atoms with Gasteiger partial charge in [0.2, 0.25) is 0 Å². The molecule has 0 bridgehead atoms. The fourth-order valence-electron chi connectivity index (χ4n) is 1.76. The second-order valence-electron chi connectivity index (χ2n) is 4.25. The van der Waals surface area contributed by atoms with Gasteiger partial charge in [0.1, 0.15) is 5.69 Å². The molecule has 2 heterocycles. The monoisotopic (exact) mass is 233 g/mol. The van der Waals surface area contributed by atoms with Crippen molar-refractivity contribution < 1.29 is 0 Å². The van der Waals surface area contributed by atoms with Gasteiger partial charge in [0.05, 0.1) is 6.54 Å². The Kier molecular flexibility index (Phi) is 3.93. The lowest BCUT2D eigenvalue weighted by molar-refractivity contribution is 0.672. The van der Waals surface area contributed by atoms with Crippen LogP contribution in [-0.2, 0) is 20.1 Å². The average molecular weight is 233 g/mol. The van der Waals surface area contributed by atoms with Crippen molar-refractivity contribution in [3.63, 3.8) is 0 Å². The predicted octanol–water partition coefficient (Wildman–Crippen LogP) is 1.16. The summed E-state index contributed by atoms with van der Waals surface area (Å²) in [6.45, 7) is 4.95. The third-order valence-electron chi connectivity index (χ3n) is 2.56. The Morgan fingerprint density at radius 2 is 2.24 bits per heavy atom. The molecule has 0 saturated carbocycles. The van der Waals surface area contributed by atoms with Crippen LogP contribution in [0.25, 0.3) is 0 Å². The molecule has 0 spiro atoms. The Labute approximate surface area is 101 Å². The van der Waals surface area contributed by atoms with Crippen LogP contribution in [-0.4, -0.2) is 26.1 Å². The Hall–Kier alpha value is -1.62. The molecule has 0 aliphatic heterocycles. The molecule has 0 aromatic carbocycles. The van der Waals surface area contributed by atoms with Gasteiger partial charge < -0.3 is 9.88 Å². The summed E-state index contributed by atoms with van der Waals surface area (Å²) in [5.41, 5.74) is 2.29. The first-order chi connectivity index (χ1) is 8.28. The number of rotatable bonds is 6. The van der Waals surface area contributed by atoms with Gasteiger partial charge >= 0.3 is 0 Å². The molecule has 5 heteroatoms. The van der Waals surface area contributed by atoms with Crippen LogP contribution < -0.4 is 5.32 Å². The van der Waals surface area contributed by atoms with E-state index in [1.54, 1.807) is 4.68 Å². The third kappa shape index (κ3) is 3.42. The van der Waals surface area contributed by atoms with Gasteiger partial charge in [-0.2, -0.15) is 0 Å². The van der Waals surface area contributed by atoms with Crippen LogP contribution in [0.2, 0.25) is 0 Å². The number of aryl methyl sites for hydroxylation is 1. The largest absolute Gasteiger partial charge is 0.348 e. The number of aromatic nitrogens is 4. The highest BCUT2D eigenvalue weighted by atomic mass is 15.4. The van der Waals surface area contributed by atoms with Crippen molar-refractivity contribution in [1.29, 1.82) is 0 Å². The highest BCUT2D eigenvalue weighted by Gasteiger charge is 2.01. The van der Waals surface area contributed by atoms with Crippen LogP contribution in [0, 0.1) is 0 Å². The van der Waals surface area contributed by atoms with Gasteiger partial charge in [-0.1, -0.05) is 12.1 Å². The Bertz CT molecular complexity index is 457. The van der Waals surface area contributed by atoms with Gasteiger partial charge in [0, 0.05) is 32.2 Å². The van der Waals surface area contributed by atoms with E-state index in [-0.39, 0.29) is 0 Å². The molecule has 0 radical (unpaired) electrons. The lowest BCUT2D eigenvalue weighted by Crippen LogP contribution is -2.13. The van der Waals surface area contributed by atoms with Gasteiger partial charge in [-0.15, -0.1) is 5.10 Å². The molecule has 0 fully saturated rings. The maximum absolute atomic E-state index is 4.07. The summed E-state index contributed by atoms with van der Waals surface area (Å²) in [6.07, 6.45) is 7.34. The Morgan fingerprint density at radius 3 is 2.94 bits per heavy atom. The minimum atomic E-state index is 0.779. The van der Waals surface area contributed by atoms with Gasteiger partial charge in [0.25, 0.3) is 0 Å². The molecule has 17 heavy (non-hydrogen) atoms. The number of hydrogen-bond acceptors (Lipinski definition) is 3. The summed E-state index contributed by atoms with van der Waals surface area (Å²) >= 11 is 0. The van der Waals surface area contributed by atoms with Crippen LogP contribution >= 0.6 is 0 Å². The van der Waals surface area contributed by atoms with E-state index in [0.717, 1.165) is 25.3 Å². The topological polar surface area (TPSA) is 47.7 Å². The summed E-state index contributed by atoms with van der Waals surface area (Å²) in [7, 11) is 1.88. The molecule has 0 aliphatic rings. The van der Waals surface area contributed by atoms with Crippen LogP contribution in [0.3, 0.4) is 0 Å². The van der Waals surface area contributed by atoms with E-state index in [9.17, 15) is 0 Å². The number of nitrogens with one attached hydrogen (secondary N) is 1. The second kappa shape index (κ2) is 5.63.